The van der Waals surface area contributed by atoms with Gasteiger partial charge in [0, 0.05) is 10.6 Å². The molecule has 108 valence electrons. The first-order chi connectivity index (χ1) is 10.1. The molecule has 2 heterocycles. The van der Waals surface area contributed by atoms with Crippen LogP contribution in [0.25, 0.3) is 16.9 Å². The first-order valence-corrected chi connectivity index (χ1v) is 7.18. The molecule has 0 aliphatic rings. The molecule has 0 fully saturated rings. The van der Waals surface area contributed by atoms with Gasteiger partial charge in [0.1, 0.15) is 0 Å². The van der Waals surface area contributed by atoms with E-state index in [1.165, 1.54) is 0 Å². The van der Waals surface area contributed by atoms with Crippen LogP contribution in [-0.4, -0.2) is 19.8 Å². The van der Waals surface area contributed by atoms with E-state index in [2.05, 4.69) is 29.1 Å². The van der Waals surface area contributed by atoms with Gasteiger partial charge in [-0.25, -0.2) is 0 Å². The van der Waals surface area contributed by atoms with Gasteiger partial charge < -0.3 is 5.73 Å². The van der Waals surface area contributed by atoms with Crippen LogP contribution in [-0.2, 0) is 0 Å². The van der Waals surface area contributed by atoms with Crippen molar-refractivity contribution in [3.8, 4) is 11.3 Å². The standard InChI is InChI=1S/C15H16ClN5/c1-9(2)14(17)15-19-18-13-8-7-12(20-21(13)15)10-3-5-11(16)6-4-10/h3-9,14H,17H2,1-2H3/t14-/m0/s1. The Morgan fingerprint density at radius 3 is 2.43 bits per heavy atom. The molecule has 3 aromatic rings. The third-order valence-electron chi connectivity index (χ3n) is 3.44. The summed E-state index contributed by atoms with van der Waals surface area (Å²) in [6.45, 7) is 4.10. The normalized spacial score (nSPS) is 13.0. The number of nitrogens with two attached hydrogens (primary N) is 1. The fourth-order valence-corrected chi connectivity index (χ4v) is 2.21. The second-order valence-electron chi connectivity index (χ2n) is 5.32. The third-order valence-corrected chi connectivity index (χ3v) is 3.70. The molecule has 5 nitrogen and oxygen atoms in total. The molecule has 6 heteroatoms. The Hall–Kier alpha value is -1.98. The van der Waals surface area contributed by atoms with Gasteiger partial charge in [-0.05, 0) is 30.2 Å². The predicted octanol–water partition coefficient (Wildman–Crippen LogP) is 3.10. The summed E-state index contributed by atoms with van der Waals surface area (Å²) in [5.41, 5.74) is 8.68. The summed E-state index contributed by atoms with van der Waals surface area (Å²) in [6, 6.07) is 11.2. The average Bonchev–Trinajstić information content (AvgIpc) is 2.90. The highest BCUT2D eigenvalue weighted by Crippen LogP contribution is 2.22. The number of nitrogens with zero attached hydrogens (tertiary/aromatic N) is 4. The molecule has 1 aromatic carbocycles. The van der Waals surface area contributed by atoms with E-state index in [4.69, 9.17) is 17.3 Å². The summed E-state index contributed by atoms with van der Waals surface area (Å²) >= 11 is 5.92. The van der Waals surface area contributed by atoms with E-state index in [1.807, 2.05) is 36.4 Å². The number of hydrogen-bond donors (Lipinski definition) is 1. The highest BCUT2D eigenvalue weighted by Gasteiger charge is 2.18. The monoisotopic (exact) mass is 301 g/mol. The topological polar surface area (TPSA) is 69.1 Å². The first kappa shape index (κ1) is 14.0. The van der Waals surface area contributed by atoms with Gasteiger partial charge in [0.25, 0.3) is 0 Å². The van der Waals surface area contributed by atoms with Crippen molar-refractivity contribution in [1.29, 1.82) is 0 Å². The number of fused-ring (bicyclic) bond motifs is 1. The van der Waals surface area contributed by atoms with Crippen molar-refractivity contribution in [2.45, 2.75) is 19.9 Å². The summed E-state index contributed by atoms with van der Waals surface area (Å²) < 4.78 is 1.72. The zero-order valence-corrected chi connectivity index (χ0v) is 12.6. The van der Waals surface area contributed by atoms with Gasteiger partial charge in [-0.2, -0.15) is 9.61 Å². The number of rotatable bonds is 3. The third kappa shape index (κ3) is 2.62. The van der Waals surface area contributed by atoms with Crippen LogP contribution in [0.2, 0.25) is 5.02 Å². The lowest BCUT2D eigenvalue weighted by Gasteiger charge is -2.13. The van der Waals surface area contributed by atoms with Gasteiger partial charge in [0.15, 0.2) is 11.5 Å². The molecule has 0 radical (unpaired) electrons. The molecule has 2 N–H and O–H groups in total. The number of benzene rings is 1. The van der Waals surface area contributed by atoms with E-state index in [0.29, 0.717) is 16.5 Å². The molecular formula is C15H16ClN5. The highest BCUT2D eigenvalue weighted by molar-refractivity contribution is 6.30. The SMILES string of the molecule is CC(C)[C@H](N)c1nnc2ccc(-c3ccc(Cl)cc3)nn12. The minimum absolute atomic E-state index is 0.201. The Kier molecular flexibility index (Phi) is 3.61. The largest absolute Gasteiger partial charge is 0.321 e. The van der Waals surface area contributed by atoms with Gasteiger partial charge in [-0.15, -0.1) is 10.2 Å². The first-order valence-electron chi connectivity index (χ1n) is 6.80. The molecule has 0 saturated heterocycles. The van der Waals surface area contributed by atoms with E-state index in [-0.39, 0.29) is 12.0 Å². The number of halogens is 1. The van der Waals surface area contributed by atoms with Crippen LogP contribution in [0.5, 0.6) is 0 Å². The second kappa shape index (κ2) is 5.42. The Balaban J connectivity index is 2.10. The van der Waals surface area contributed by atoms with Gasteiger partial charge in [0.2, 0.25) is 0 Å². The smallest absolute Gasteiger partial charge is 0.178 e. The predicted molar refractivity (Wildman–Crippen MR) is 83.0 cm³/mol. The zero-order valence-electron chi connectivity index (χ0n) is 11.9. The second-order valence-corrected chi connectivity index (χ2v) is 5.76. The summed E-state index contributed by atoms with van der Waals surface area (Å²) in [7, 11) is 0. The molecule has 3 rings (SSSR count). The summed E-state index contributed by atoms with van der Waals surface area (Å²) in [5.74, 6) is 0.939. The zero-order chi connectivity index (χ0) is 15.0. The molecule has 0 aliphatic heterocycles. The Morgan fingerprint density at radius 2 is 1.76 bits per heavy atom. The maximum atomic E-state index is 6.18. The van der Waals surface area contributed by atoms with Crippen LogP contribution in [0.4, 0.5) is 0 Å². The molecule has 0 aliphatic carbocycles. The average molecular weight is 302 g/mol. The van der Waals surface area contributed by atoms with Crippen molar-refractivity contribution in [2.75, 3.05) is 0 Å². The van der Waals surface area contributed by atoms with Crippen LogP contribution >= 0.6 is 11.6 Å². The number of aromatic nitrogens is 4. The number of hydrogen-bond acceptors (Lipinski definition) is 4. The maximum absolute atomic E-state index is 6.18. The lowest BCUT2D eigenvalue weighted by atomic mass is 10.1. The van der Waals surface area contributed by atoms with Crippen LogP contribution in [0.3, 0.4) is 0 Å². The van der Waals surface area contributed by atoms with Crippen molar-refractivity contribution in [3.05, 3.63) is 47.2 Å². The van der Waals surface area contributed by atoms with Crippen molar-refractivity contribution >= 4 is 17.2 Å². The van der Waals surface area contributed by atoms with Crippen molar-refractivity contribution < 1.29 is 0 Å². The molecule has 0 unspecified atom stereocenters. The highest BCUT2D eigenvalue weighted by atomic mass is 35.5. The summed E-state index contributed by atoms with van der Waals surface area (Å²) in [4.78, 5) is 0. The van der Waals surface area contributed by atoms with Crippen molar-refractivity contribution in [2.24, 2.45) is 11.7 Å². The van der Waals surface area contributed by atoms with Gasteiger partial charge in [-0.3, -0.25) is 0 Å². The lowest BCUT2D eigenvalue weighted by molar-refractivity contribution is 0.480. The molecule has 0 amide bonds. The fraction of sp³-hybridized carbons (Fsp3) is 0.267. The van der Waals surface area contributed by atoms with Crippen LogP contribution in [0, 0.1) is 5.92 Å². The van der Waals surface area contributed by atoms with Gasteiger partial charge in [0.05, 0.1) is 11.7 Å². The Morgan fingerprint density at radius 1 is 1.05 bits per heavy atom. The minimum Gasteiger partial charge on any atom is -0.321 e. The summed E-state index contributed by atoms with van der Waals surface area (Å²) in [6.07, 6.45) is 0. The van der Waals surface area contributed by atoms with Gasteiger partial charge in [-0.1, -0.05) is 37.6 Å². The lowest BCUT2D eigenvalue weighted by Crippen LogP contribution is -2.20. The fourth-order valence-electron chi connectivity index (χ4n) is 2.09. The maximum Gasteiger partial charge on any atom is 0.178 e. The van der Waals surface area contributed by atoms with Crippen molar-refractivity contribution in [3.63, 3.8) is 0 Å². The Bertz CT molecular complexity index is 763. The summed E-state index contributed by atoms with van der Waals surface area (Å²) in [5, 5.41) is 13.6. The van der Waals surface area contributed by atoms with E-state index >= 15 is 0 Å². The van der Waals surface area contributed by atoms with Crippen LogP contribution < -0.4 is 5.73 Å². The Labute approximate surface area is 127 Å². The molecule has 2 aromatic heterocycles. The molecule has 0 saturated carbocycles. The van der Waals surface area contributed by atoms with Crippen LogP contribution in [0.15, 0.2) is 36.4 Å². The van der Waals surface area contributed by atoms with Crippen molar-refractivity contribution in [1.82, 2.24) is 19.8 Å². The quantitative estimate of drug-likeness (QED) is 0.807. The van der Waals surface area contributed by atoms with E-state index < -0.39 is 0 Å². The molecule has 21 heavy (non-hydrogen) atoms. The molecule has 1 atom stereocenters. The van der Waals surface area contributed by atoms with E-state index in [0.717, 1.165) is 11.3 Å². The van der Waals surface area contributed by atoms with E-state index in [1.54, 1.807) is 4.52 Å². The molecule has 0 bridgehead atoms. The molecular weight excluding hydrogens is 286 g/mol. The van der Waals surface area contributed by atoms with E-state index in [9.17, 15) is 0 Å². The van der Waals surface area contributed by atoms with Crippen LogP contribution in [0.1, 0.15) is 25.7 Å². The van der Waals surface area contributed by atoms with Gasteiger partial charge >= 0.3 is 0 Å². The molecule has 0 spiro atoms. The minimum atomic E-state index is -0.201.